The Morgan fingerprint density at radius 3 is 2.60 bits per heavy atom. The number of carbonyl (C=O) groups is 1. The number of piperidine rings is 1. The smallest absolute Gasteiger partial charge is 0.326 e. The maximum atomic E-state index is 13.5. The number of urea groups is 1. The Bertz CT molecular complexity index is 1410. The van der Waals surface area contributed by atoms with Gasteiger partial charge in [0, 0.05) is 61.3 Å². The summed E-state index contributed by atoms with van der Waals surface area (Å²) in [4.78, 5) is 22.2. The summed E-state index contributed by atoms with van der Waals surface area (Å²) < 4.78 is 8.94. The number of nitrogen functional groups attached to an aromatic ring is 1. The molecule has 10 heteroatoms. The van der Waals surface area contributed by atoms with Crippen molar-refractivity contribution in [3.05, 3.63) is 114 Å². The van der Waals surface area contributed by atoms with Crippen LogP contribution >= 0.6 is 23.5 Å². The van der Waals surface area contributed by atoms with Gasteiger partial charge in [0.25, 0.3) is 0 Å². The second kappa shape index (κ2) is 15.3. The van der Waals surface area contributed by atoms with E-state index in [0.717, 1.165) is 49.4 Å². The number of aromatic nitrogens is 1. The van der Waals surface area contributed by atoms with Crippen LogP contribution in [-0.4, -0.2) is 41.3 Å². The van der Waals surface area contributed by atoms with Crippen LogP contribution in [0.25, 0.3) is 0 Å². The van der Waals surface area contributed by atoms with E-state index in [0.29, 0.717) is 28.0 Å². The van der Waals surface area contributed by atoms with Crippen molar-refractivity contribution in [3.8, 4) is 5.88 Å². The zero-order valence-corrected chi connectivity index (χ0v) is 25.5. The number of anilines is 3. The lowest BCUT2D eigenvalue weighted by molar-refractivity contribution is 0.199. The number of pyridine rings is 1. The number of hydrogen-bond acceptors (Lipinski definition) is 7. The number of amides is 2. The molecule has 1 aliphatic heterocycles. The van der Waals surface area contributed by atoms with Gasteiger partial charge in [-0.25, -0.2) is 9.78 Å². The minimum absolute atomic E-state index is 0.0513. The van der Waals surface area contributed by atoms with Gasteiger partial charge >= 0.3 is 6.03 Å². The van der Waals surface area contributed by atoms with Crippen molar-refractivity contribution in [3.63, 3.8) is 0 Å². The van der Waals surface area contributed by atoms with Gasteiger partial charge in [0.1, 0.15) is 5.76 Å². The first-order valence-corrected chi connectivity index (χ1v) is 15.3. The first-order chi connectivity index (χ1) is 20.4. The van der Waals surface area contributed by atoms with Crippen LogP contribution in [0.2, 0.25) is 5.02 Å². The number of likely N-dealkylation sites (tertiary alicyclic amines) is 1. The number of carbonyl (C=O) groups excluding carboxylic acids is 1. The van der Waals surface area contributed by atoms with Crippen molar-refractivity contribution >= 4 is 46.6 Å². The monoisotopic (exact) mass is 604 g/mol. The summed E-state index contributed by atoms with van der Waals surface area (Å²) in [6.07, 6.45) is 11.2. The molecule has 2 amide bonds. The molecule has 3 aromatic rings. The zero-order valence-electron chi connectivity index (χ0n) is 23.9. The van der Waals surface area contributed by atoms with Gasteiger partial charge in [-0.2, -0.15) is 0 Å². The summed E-state index contributed by atoms with van der Waals surface area (Å²) in [6.45, 7) is 8.40. The molecule has 0 aliphatic carbocycles. The van der Waals surface area contributed by atoms with Crippen molar-refractivity contribution in [2.45, 2.75) is 32.4 Å². The van der Waals surface area contributed by atoms with E-state index in [9.17, 15) is 4.79 Å². The Morgan fingerprint density at radius 1 is 1.19 bits per heavy atom. The predicted molar refractivity (Wildman–Crippen MR) is 176 cm³/mol. The highest BCUT2D eigenvalue weighted by molar-refractivity contribution is 7.96. The average Bonchev–Trinajstić information content (AvgIpc) is 3.00. The first kappa shape index (κ1) is 31.0. The normalized spacial score (nSPS) is 14.5. The molecule has 0 atom stereocenters. The molecule has 0 spiro atoms. The molecule has 2 aromatic carbocycles. The summed E-state index contributed by atoms with van der Waals surface area (Å²) in [6, 6.07) is 18.6. The second-order valence-electron chi connectivity index (χ2n) is 9.84. The number of benzene rings is 2. The molecule has 1 saturated heterocycles. The number of halogens is 1. The van der Waals surface area contributed by atoms with Crippen LogP contribution in [0.3, 0.4) is 0 Å². The van der Waals surface area contributed by atoms with Gasteiger partial charge < -0.3 is 20.5 Å². The molecular formula is C32H37ClN6O2S. The summed E-state index contributed by atoms with van der Waals surface area (Å²) in [5, 5.41) is 3.45. The van der Waals surface area contributed by atoms with Crippen molar-refractivity contribution < 1.29 is 9.53 Å². The Hall–Kier alpha value is -3.92. The van der Waals surface area contributed by atoms with Crippen LogP contribution in [0, 0.1) is 0 Å². The molecule has 0 saturated carbocycles. The summed E-state index contributed by atoms with van der Waals surface area (Å²) >= 11 is 7.58. The third kappa shape index (κ3) is 8.79. The van der Waals surface area contributed by atoms with E-state index in [2.05, 4.69) is 26.5 Å². The molecule has 42 heavy (non-hydrogen) atoms. The molecule has 2 heterocycles. The summed E-state index contributed by atoms with van der Waals surface area (Å²) in [5.41, 5.74) is 9.90. The van der Waals surface area contributed by atoms with E-state index in [4.69, 9.17) is 22.1 Å². The summed E-state index contributed by atoms with van der Waals surface area (Å²) in [5.74, 6) is 1.00. The SMILES string of the molecule is C=C(/C=C\C(=C/C)NSC)Oc1ccc(CN2CCC(N(C(=O)Nc3ccc(Cl)c(N)c3)c3ccccc3)CC2)cn1. The third-order valence-electron chi connectivity index (χ3n) is 6.84. The Morgan fingerprint density at radius 2 is 1.95 bits per heavy atom. The molecule has 1 fully saturated rings. The van der Waals surface area contributed by atoms with Gasteiger partial charge in [-0.05, 0) is 67.8 Å². The lowest BCUT2D eigenvalue weighted by Gasteiger charge is -2.38. The maximum Gasteiger partial charge on any atom is 0.326 e. The van der Waals surface area contributed by atoms with Gasteiger partial charge in [0.15, 0.2) is 0 Å². The number of nitrogens with one attached hydrogen (secondary N) is 2. The predicted octanol–water partition coefficient (Wildman–Crippen LogP) is 7.24. The van der Waals surface area contributed by atoms with E-state index in [1.54, 1.807) is 18.2 Å². The van der Waals surface area contributed by atoms with Crippen molar-refractivity contribution in [2.75, 3.05) is 35.3 Å². The zero-order chi connectivity index (χ0) is 29.9. The topological polar surface area (TPSA) is 95.8 Å². The van der Waals surface area contributed by atoms with Gasteiger partial charge in [0.2, 0.25) is 5.88 Å². The molecule has 1 aliphatic rings. The van der Waals surface area contributed by atoms with Crippen molar-refractivity contribution in [1.29, 1.82) is 0 Å². The van der Waals surface area contributed by atoms with Gasteiger partial charge in [0.05, 0.1) is 10.7 Å². The van der Waals surface area contributed by atoms with E-state index < -0.39 is 0 Å². The lowest BCUT2D eigenvalue weighted by atomic mass is 10.0. The number of nitrogens with zero attached hydrogens (tertiary/aromatic N) is 3. The molecular weight excluding hydrogens is 568 g/mol. The molecule has 8 nitrogen and oxygen atoms in total. The first-order valence-electron chi connectivity index (χ1n) is 13.7. The molecule has 0 bridgehead atoms. The highest BCUT2D eigenvalue weighted by Gasteiger charge is 2.29. The van der Waals surface area contributed by atoms with E-state index in [1.165, 1.54) is 11.9 Å². The van der Waals surface area contributed by atoms with Crippen molar-refractivity contribution in [1.82, 2.24) is 14.6 Å². The number of para-hydroxylation sites is 1. The highest BCUT2D eigenvalue weighted by Crippen LogP contribution is 2.27. The molecule has 0 unspecified atom stereocenters. The van der Waals surface area contributed by atoms with Crippen LogP contribution in [-0.2, 0) is 6.54 Å². The number of allylic oxidation sites excluding steroid dienone is 3. The maximum absolute atomic E-state index is 13.5. The van der Waals surface area contributed by atoms with Gasteiger partial charge in [-0.1, -0.05) is 60.5 Å². The van der Waals surface area contributed by atoms with Gasteiger partial charge in [-0.3, -0.25) is 9.80 Å². The summed E-state index contributed by atoms with van der Waals surface area (Å²) in [7, 11) is 0. The van der Waals surface area contributed by atoms with Crippen LogP contribution in [0.5, 0.6) is 5.88 Å². The van der Waals surface area contributed by atoms with Crippen LogP contribution < -0.4 is 25.4 Å². The second-order valence-corrected chi connectivity index (χ2v) is 10.9. The van der Waals surface area contributed by atoms with E-state index in [-0.39, 0.29) is 12.1 Å². The molecule has 1 aromatic heterocycles. The van der Waals surface area contributed by atoms with Crippen LogP contribution in [0.1, 0.15) is 25.3 Å². The molecule has 4 N–H and O–H groups in total. The Balaban J connectivity index is 1.33. The quantitative estimate of drug-likeness (QED) is 0.0919. The standard InChI is InChI=1S/C32H37ClN6O2S/c1-4-25(37-42-3)12-10-23(2)41-31-15-11-24(21-35-31)22-38-18-16-28(17-19-38)39(27-8-6-5-7-9-27)32(40)36-26-13-14-29(33)30(34)20-26/h4-15,20-21,28,37H,2,16-19,22,34H2,1,3H3,(H,36,40)/b12-10-,25-4+. The minimum atomic E-state index is -0.194. The number of ether oxygens (including phenoxy) is 1. The highest BCUT2D eigenvalue weighted by atomic mass is 35.5. The van der Waals surface area contributed by atoms with E-state index >= 15 is 0 Å². The van der Waals surface area contributed by atoms with E-state index in [1.807, 2.05) is 85.0 Å². The largest absolute Gasteiger partial charge is 0.440 e. The molecule has 220 valence electrons. The fourth-order valence-electron chi connectivity index (χ4n) is 4.70. The molecule has 0 radical (unpaired) electrons. The van der Waals surface area contributed by atoms with Crippen LogP contribution in [0.15, 0.2) is 103 Å². The molecule has 4 rings (SSSR count). The number of nitrogens with two attached hydrogens (primary N) is 1. The lowest BCUT2D eigenvalue weighted by Crippen LogP contribution is -2.49. The fraction of sp³-hybridized carbons (Fsp3) is 0.250. The number of hydrogen-bond donors (Lipinski definition) is 3. The third-order valence-corrected chi connectivity index (χ3v) is 7.63. The Kier molecular flexibility index (Phi) is 11.3. The Labute approximate surface area is 257 Å². The van der Waals surface area contributed by atoms with Crippen molar-refractivity contribution in [2.24, 2.45) is 0 Å². The average molecular weight is 605 g/mol. The number of rotatable bonds is 11. The fourth-order valence-corrected chi connectivity index (χ4v) is 5.24. The van der Waals surface area contributed by atoms with Crippen LogP contribution in [0.4, 0.5) is 21.9 Å². The van der Waals surface area contributed by atoms with Gasteiger partial charge in [-0.15, -0.1) is 0 Å². The minimum Gasteiger partial charge on any atom is -0.440 e.